The van der Waals surface area contributed by atoms with Crippen molar-refractivity contribution in [2.45, 2.75) is 38.3 Å². The SMILES string of the molecule is CCOC(=O)C1CCC(F)(CS(=O)Cl)CC1. The van der Waals surface area contributed by atoms with Crippen LogP contribution in [0.1, 0.15) is 32.6 Å². The van der Waals surface area contributed by atoms with E-state index in [2.05, 4.69) is 0 Å². The fraction of sp³-hybridized carbons (Fsp3) is 0.900. The molecule has 1 fully saturated rings. The van der Waals surface area contributed by atoms with Gasteiger partial charge in [-0.25, -0.2) is 8.60 Å². The Morgan fingerprint density at radius 3 is 2.56 bits per heavy atom. The van der Waals surface area contributed by atoms with E-state index in [4.69, 9.17) is 15.4 Å². The summed E-state index contributed by atoms with van der Waals surface area (Å²) in [5, 5.41) is 0. The maximum absolute atomic E-state index is 14.0. The Bertz CT molecular complexity index is 277. The molecular weight excluding hydrogens is 255 g/mol. The van der Waals surface area contributed by atoms with E-state index in [1.54, 1.807) is 6.92 Å². The van der Waals surface area contributed by atoms with E-state index in [9.17, 15) is 13.4 Å². The zero-order valence-corrected chi connectivity index (χ0v) is 10.8. The monoisotopic (exact) mass is 270 g/mol. The van der Waals surface area contributed by atoms with Gasteiger partial charge in [-0.2, -0.15) is 0 Å². The first kappa shape index (κ1) is 13.9. The highest BCUT2D eigenvalue weighted by Gasteiger charge is 2.39. The first-order valence-corrected chi connectivity index (χ1v) is 7.51. The second kappa shape index (κ2) is 5.96. The fourth-order valence-corrected chi connectivity index (χ4v) is 3.26. The average molecular weight is 271 g/mol. The Morgan fingerprint density at radius 2 is 2.12 bits per heavy atom. The highest BCUT2D eigenvalue weighted by Crippen LogP contribution is 2.36. The Hall–Kier alpha value is -0.160. The minimum Gasteiger partial charge on any atom is -0.466 e. The number of alkyl halides is 1. The zero-order valence-electron chi connectivity index (χ0n) is 9.21. The van der Waals surface area contributed by atoms with Crippen molar-refractivity contribution in [1.82, 2.24) is 0 Å². The smallest absolute Gasteiger partial charge is 0.308 e. The molecule has 0 aromatic rings. The van der Waals surface area contributed by atoms with Gasteiger partial charge < -0.3 is 4.74 Å². The summed E-state index contributed by atoms with van der Waals surface area (Å²) >= 11 is 0. The van der Waals surface area contributed by atoms with Crippen LogP contribution < -0.4 is 0 Å². The van der Waals surface area contributed by atoms with Crippen LogP contribution >= 0.6 is 10.7 Å². The lowest BCUT2D eigenvalue weighted by atomic mass is 9.81. The molecule has 1 rings (SSSR count). The highest BCUT2D eigenvalue weighted by atomic mass is 35.7. The highest BCUT2D eigenvalue weighted by molar-refractivity contribution is 8.08. The molecule has 0 spiro atoms. The third kappa shape index (κ3) is 4.01. The van der Waals surface area contributed by atoms with Crippen LogP contribution in [0.3, 0.4) is 0 Å². The summed E-state index contributed by atoms with van der Waals surface area (Å²) < 4.78 is 29.7. The van der Waals surface area contributed by atoms with Crippen molar-refractivity contribution >= 4 is 26.7 Å². The second-order valence-corrected chi connectivity index (χ2v) is 6.01. The summed E-state index contributed by atoms with van der Waals surface area (Å²) in [6.45, 7) is 2.10. The van der Waals surface area contributed by atoms with Crippen LogP contribution in [0.2, 0.25) is 0 Å². The number of hydrogen-bond donors (Lipinski definition) is 0. The minimum atomic E-state index is -1.65. The molecule has 1 atom stereocenters. The molecule has 3 nitrogen and oxygen atoms in total. The molecule has 1 aliphatic rings. The van der Waals surface area contributed by atoms with Gasteiger partial charge in [-0.05, 0) is 43.3 Å². The normalized spacial score (nSPS) is 32.1. The minimum absolute atomic E-state index is 0.149. The van der Waals surface area contributed by atoms with Crippen LogP contribution in [-0.2, 0) is 19.5 Å². The first-order chi connectivity index (χ1) is 7.47. The van der Waals surface area contributed by atoms with Crippen molar-refractivity contribution in [2.24, 2.45) is 5.92 Å². The summed E-state index contributed by atoms with van der Waals surface area (Å²) in [7, 11) is 3.64. The van der Waals surface area contributed by atoms with Crippen molar-refractivity contribution in [1.29, 1.82) is 0 Å². The molecule has 0 aromatic heterocycles. The third-order valence-corrected chi connectivity index (χ3v) is 3.95. The van der Waals surface area contributed by atoms with Gasteiger partial charge in [-0.1, -0.05) is 0 Å². The van der Waals surface area contributed by atoms with Gasteiger partial charge in [-0.15, -0.1) is 0 Å². The molecule has 6 heteroatoms. The van der Waals surface area contributed by atoms with Crippen molar-refractivity contribution in [3.8, 4) is 0 Å². The van der Waals surface area contributed by atoms with E-state index < -0.39 is 15.7 Å². The van der Waals surface area contributed by atoms with Crippen LogP contribution in [0, 0.1) is 5.92 Å². The third-order valence-electron chi connectivity index (χ3n) is 2.87. The quantitative estimate of drug-likeness (QED) is 0.582. The van der Waals surface area contributed by atoms with E-state index in [0.29, 0.717) is 19.4 Å². The number of carbonyl (C=O) groups excluding carboxylic acids is 1. The lowest BCUT2D eigenvalue weighted by Crippen LogP contribution is -2.36. The molecule has 0 heterocycles. The average Bonchev–Trinajstić information content (AvgIpc) is 2.17. The maximum Gasteiger partial charge on any atom is 0.308 e. The molecule has 1 saturated carbocycles. The van der Waals surface area contributed by atoms with Gasteiger partial charge in [0, 0.05) is 0 Å². The summed E-state index contributed by atoms with van der Waals surface area (Å²) in [4.78, 5) is 11.4. The zero-order chi connectivity index (χ0) is 12.2. The maximum atomic E-state index is 14.0. The summed E-state index contributed by atoms with van der Waals surface area (Å²) in [5.41, 5.74) is -1.48. The van der Waals surface area contributed by atoms with Gasteiger partial charge in [-0.3, -0.25) is 4.79 Å². The summed E-state index contributed by atoms with van der Waals surface area (Å²) in [5.74, 6) is -0.617. The van der Waals surface area contributed by atoms with Crippen LogP contribution in [0.4, 0.5) is 4.39 Å². The number of esters is 1. The molecule has 0 aromatic carbocycles. The second-order valence-electron chi connectivity index (χ2n) is 4.11. The van der Waals surface area contributed by atoms with Gasteiger partial charge >= 0.3 is 5.97 Å². The van der Waals surface area contributed by atoms with Crippen molar-refractivity contribution in [3.63, 3.8) is 0 Å². The number of halogens is 2. The Morgan fingerprint density at radius 1 is 1.56 bits per heavy atom. The first-order valence-electron chi connectivity index (χ1n) is 5.37. The lowest BCUT2D eigenvalue weighted by molar-refractivity contribution is -0.150. The number of rotatable bonds is 4. The Kier molecular flexibility index (Phi) is 5.18. The van der Waals surface area contributed by atoms with Gasteiger partial charge in [0.1, 0.15) is 15.7 Å². The van der Waals surface area contributed by atoms with Crippen LogP contribution in [0.5, 0.6) is 0 Å². The van der Waals surface area contributed by atoms with Gasteiger partial charge in [0.05, 0.1) is 18.3 Å². The van der Waals surface area contributed by atoms with E-state index in [-0.39, 0.29) is 30.5 Å². The molecular formula is C10H16ClFO3S. The predicted molar refractivity (Wildman–Crippen MR) is 61.3 cm³/mol. The van der Waals surface area contributed by atoms with Gasteiger partial charge in [0.25, 0.3) is 0 Å². The topological polar surface area (TPSA) is 43.4 Å². The molecule has 0 saturated heterocycles. The summed E-state index contributed by atoms with van der Waals surface area (Å²) in [6, 6.07) is 0. The van der Waals surface area contributed by atoms with Crippen LogP contribution in [0.25, 0.3) is 0 Å². The largest absolute Gasteiger partial charge is 0.466 e. The molecule has 1 unspecified atom stereocenters. The molecule has 16 heavy (non-hydrogen) atoms. The van der Waals surface area contributed by atoms with Crippen molar-refractivity contribution in [3.05, 3.63) is 0 Å². The van der Waals surface area contributed by atoms with Gasteiger partial charge in [0.2, 0.25) is 0 Å². The molecule has 94 valence electrons. The van der Waals surface area contributed by atoms with E-state index in [1.165, 1.54) is 0 Å². The fourth-order valence-electron chi connectivity index (χ4n) is 1.98. The Labute approximate surface area is 102 Å². The van der Waals surface area contributed by atoms with E-state index in [1.807, 2.05) is 0 Å². The molecule has 0 N–H and O–H groups in total. The molecule has 0 bridgehead atoms. The summed E-state index contributed by atoms with van der Waals surface area (Å²) in [6.07, 6.45) is 1.36. The van der Waals surface area contributed by atoms with Crippen molar-refractivity contribution in [2.75, 3.05) is 12.4 Å². The molecule has 1 aliphatic carbocycles. The van der Waals surface area contributed by atoms with Crippen LogP contribution in [0.15, 0.2) is 0 Å². The van der Waals surface area contributed by atoms with Crippen molar-refractivity contribution < 1.29 is 18.1 Å². The van der Waals surface area contributed by atoms with Gasteiger partial charge in [0.15, 0.2) is 0 Å². The number of ether oxygens (including phenoxy) is 1. The van der Waals surface area contributed by atoms with E-state index in [0.717, 1.165) is 0 Å². The standard InChI is InChI=1S/C10H16ClFO3S/c1-2-15-9(13)8-3-5-10(12,6-4-8)7-16(11)14/h8H,2-7H2,1H3. The Balaban J connectivity index is 2.44. The molecule has 0 radical (unpaired) electrons. The number of carbonyl (C=O) groups is 1. The predicted octanol–water partition coefficient (Wildman–Crippen LogP) is 2.35. The molecule has 0 amide bonds. The number of hydrogen-bond acceptors (Lipinski definition) is 3. The van der Waals surface area contributed by atoms with Crippen LogP contribution in [-0.4, -0.2) is 28.2 Å². The van der Waals surface area contributed by atoms with E-state index >= 15 is 0 Å². The molecule has 0 aliphatic heterocycles. The lowest BCUT2D eigenvalue weighted by Gasteiger charge is -2.31.